The molecule has 0 unspecified atom stereocenters. The minimum absolute atomic E-state index is 0.146. The van der Waals surface area contributed by atoms with Gasteiger partial charge in [0, 0.05) is 11.4 Å². The molecule has 7 heteroatoms. The van der Waals surface area contributed by atoms with Gasteiger partial charge in [0.05, 0.1) is 25.8 Å². The van der Waals surface area contributed by atoms with Crippen LogP contribution in [0.1, 0.15) is 12.2 Å². The maximum absolute atomic E-state index is 12.0. The molecule has 0 radical (unpaired) electrons. The van der Waals surface area contributed by atoms with Gasteiger partial charge < -0.3 is 25.1 Å². The van der Waals surface area contributed by atoms with Crippen molar-refractivity contribution in [3.05, 3.63) is 78.8 Å². The molecular weight excluding hydrogens is 358 g/mol. The molecule has 0 fully saturated rings. The number of nitrogens with one attached hydrogen (secondary N) is 3. The van der Waals surface area contributed by atoms with Crippen LogP contribution in [0.2, 0.25) is 0 Å². The lowest BCUT2D eigenvalue weighted by molar-refractivity contribution is -0.116. The molecule has 0 saturated heterocycles. The van der Waals surface area contributed by atoms with E-state index in [0.29, 0.717) is 30.3 Å². The summed E-state index contributed by atoms with van der Waals surface area (Å²) < 4.78 is 10.7. The van der Waals surface area contributed by atoms with Crippen molar-refractivity contribution >= 4 is 23.3 Å². The average molecular weight is 379 g/mol. The number of urea groups is 1. The van der Waals surface area contributed by atoms with Crippen molar-refractivity contribution < 1.29 is 18.7 Å². The smallest absolute Gasteiger partial charge is 0.319 e. The molecule has 0 bridgehead atoms. The van der Waals surface area contributed by atoms with E-state index in [1.807, 2.05) is 30.3 Å². The van der Waals surface area contributed by atoms with Crippen LogP contribution in [0.4, 0.5) is 16.2 Å². The lowest BCUT2D eigenvalue weighted by atomic mass is 10.2. The van der Waals surface area contributed by atoms with E-state index in [1.54, 1.807) is 42.7 Å². The first-order valence-electron chi connectivity index (χ1n) is 8.84. The highest BCUT2D eigenvalue weighted by Gasteiger charge is 2.05. The van der Waals surface area contributed by atoms with Crippen LogP contribution in [0.15, 0.2) is 77.4 Å². The number of hydrogen-bond acceptors (Lipinski definition) is 4. The number of rotatable bonds is 8. The Labute approximate surface area is 162 Å². The van der Waals surface area contributed by atoms with Crippen LogP contribution in [-0.2, 0) is 11.3 Å². The van der Waals surface area contributed by atoms with E-state index in [1.165, 1.54) is 0 Å². The molecular formula is C21H21N3O4. The van der Waals surface area contributed by atoms with Crippen LogP contribution in [0.3, 0.4) is 0 Å². The zero-order valence-corrected chi connectivity index (χ0v) is 15.2. The van der Waals surface area contributed by atoms with E-state index in [0.717, 1.165) is 5.75 Å². The molecule has 1 aromatic heterocycles. The van der Waals surface area contributed by atoms with Gasteiger partial charge in [-0.1, -0.05) is 18.2 Å². The first kappa shape index (κ1) is 19.0. The molecule has 3 N–H and O–H groups in total. The lowest BCUT2D eigenvalue weighted by Gasteiger charge is -2.09. The highest BCUT2D eigenvalue weighted by Crippen LogP contribution is 2.14. The minimum Gasteiger partial charge on any atom is -0.493 e. The second-order valence-electron chi connectivity index (χ2n) is 5.92. The van der Waals surface area contributed by atoms with E-state index in [9.17, 15) is 9.59 Å². The molecule has 0 spiro atoms. The van der Waals surface area contributed by atoms with Gasteiger partial charge in [0.1, 0.15) is 11.5 Å². The minimum atomic E-state index is -0.341. The van der Waals surface area contributed by atoms with Gasteiger partial charge in [-0.25, -0.2) is 4.79 Å². The summed E-state index contributed by atoms with van der Waals surface area (Å²) in [6, 6.07) is 19.4. The van der Waals surface area contributed by atoms with Crippen molar-refractivity contribution in [3.8, 4) is 5.75 Å². The highest BCUT2D eigenvalue weighted by molar-refractivity contribution is 5.92. The summed E-state index contributed by atoms with van der Waals surface area (Å²) in [5, 5.41) is 8.20. The number of furan rings is 1. The van der Waals surface area contributed by atoms with Gasteiger partial charge in [0.25, 0.3) is 0 Å². The Bertz CT molecular complexity index is 878. The normalized spacial score (nSPS) is 10.1. The van der Waals surface area contributed by atoms with Crippen LogP contribution in [-0.4, -0.2) is 18.5 Å². The van der Waals surface area contributed by atoms with E-state index in [-0.39, 0.29) is 18.4 Å². The van der Waals surface area contributed by atoms with Crippen molar-refractivity contribution in [1.82, 2.24) is 5.32 Å². The molecule has 0 aliphatic carbocycles. The number of amides is 3. The Kier molecular flexibility index (Phi) is 6.67. The standard InChI is InChI=1S/C21H21N3O4/c25-20(12-14-28-18-5-2-1-3-6-18)23-16-8-10-17(11-9-16)24-21(26)22-15-19-7-4-13-27-19/h1-11,13H,12,14-15H2,(H,23,25)(H2,22,24,26). The SMILES string of the molecule is O=C(CCOc1ccccc1)Nc1ccc(NC(=O)NCc2ccco2)cc1. The molecule has 3 rings (SSSR count). The Morgan fingerprint density at radius 1 is 0.857 bits per heavy atom. The monoisotopic (exact) mass is 379 g/mol. The summed E-state index contributed by atoms with van der Waals surface area (Å²) in [5.41, 5.74) is 1.26. The highest BCUT2D eigenvalue weighted by atomic mass is 16.5. The van der Waals surface area contributed by atoms with E-state index < -0.39 is 0 Å². The summed E-state index contributed by atoms with van der Waals surface area (Å²) in [4.78, 5) is 23.8. The molecule has 0 aliphatic rings. The Balaban J connectivity index is 1.38. The fourth-order valence-corrected chi connectivity index (χ4v) is 2.39. The third kappa shape index (κ3) is 6.21. The fourth-order valence-electron chi connectivity index (χ4n) is 2.39. The van der Waals surface area contributed by atoms with Crippen LogP contribution < -0.4 is 20.7 Å². The molecule has 144 valence electrons. The number of benzene rings is 2. The summed E-state index contributed by atoms with van der Waals surface area (Å²) in [5.74, 6) is 1.26. The number of para-hydroxylation sites is 1. The summed E-state index contributed by atoms with van der Waals surface area (Å²) in [6.07, 6.45) is 1.79. The lowest BCUT2D eigenvalue weighted by Crippen LogP contribution is -2.27. The number of ether oxygens (including phenoxy) is 1. The number of hydrogen-bond donors (Lipinski definition) is 3. The van der Waals surface area contributed by atoms with Gasteiger partial charge in [-0.3, -0.25) is 4.79 Å². The van der Waals surface area contributed by atoms with Crippen LogP contribution in [0.5, 0.6) is 5.75 Å². The van der Waals surface area contributed by atoms with Crippen molar-refractivity contribution in [1.29, 1.82) is 0 Å². The maximum Gasteiger partial charge on any atom is 0.319 e. The third-order valence-corrected chi connectivity index (χ3v) is 3.77. The van der Waals surface area contributed by atoms with Crippen molar-refractivity contribution in [2.24, 2.45) is 0 Å². The number of carbonyl (C=O) groups is 2. The third-order valence-electron chi connectivity index (χ3n) is 3.77. The molecule has 3 aromatic rings. The Morgan fingerprint density at radius 3 is 2.25 bits per heavy atom. The van der Waals surface area contributed by atoms with Gasteiger partial charge in [-0.15, -0.1) is 0 Å². The largest absolute Gasteiger partial charge is 0.493 e. The molecule has 3 amide bonds. The molecule has 2 aromatic carbocycles. The van der Waals surface area contributed by atoms with Gasteiger partial charge >= 0.3 is 6.03 Å². The van der Waals surface area contributed by atoms with E-state index in [2.05, 4.69) is 16.0 Å². The maximum atomic E-state index is 12.0. The number of carbonyl (C=O) groups excluding carboxylic acids is 2. The van der Waals surface area contributed by atoms with Gasteiger partial charge in [-0.05, 0) is 48.5 Å². The van der Waals surface area contributed by atoms with Crippen molar-refractivity contribution in [2.75, 3.05) is 17.2 Å². The Morgan fingerprint density at radius 2 is 1.57 bits per heavy atom. The first-order valence-corrected chi connectivity index (χ1v) is 8.84. The number of anilines is 2. The predicted molar refractivity (Wildman–Crippen MR) is 106 cm³/mol. The predicted octanol–water partition coefficient (Wildman–Crippen LogP) is 4.01. The Hall–Kier alpha value is -3.74. The van der Waals surface area contributed by atoms with E-state index in [4.69, 9.17) is 9.15 Å². The summed E-state index contributed by atoms with van der Waals surface area (Å²) >= 11 is 0. The van der Waals surface area contributed by atoms with Crippen LogP contribution in [0.25, 0.3) is 0 Å². The second kappa shape index (κ2) is 9.82. The second-order valence-corrected chi connectivity index (χ2v) is 5.92. The summed E-state index contributed by atoms with van der Waals surface area (Å²) in [6.45, 7) is 0.601. The molecule has 0 aliphatic heterocycles. The van der Waals surface area contributed by atoms with Crippen LogP contribution >= 0.6 is 0 Å². The van der Waals surface area contributed by atoms with Gasteiger partial charge in [-0.2, -0.15) is 0 Å². The zero-order chi connectivity index (χ0) is 19.6. The fraction of sp³-hybridized carbons (Fsp3) is 0.143. The molecule has 0 saturated carbocycles. The average Bonchev–Trinajstić information content (AvgIpc) is 3.22. The van der Waals surface area contributed by atoms with Gasteiger partial charge in [0.2, 0.25) is 5.91 Å². The van der Waals surface area contributed by atoms with Gasteiger partial charge in [0.15, 0.2) is 0 Å². The van der Waals surface area contributed by atoms with E-state index >= 15 is 0 Å². The van der Waals surface area contributed by atoms with Crippen LogP contribution in [0, 0.1) is 0 Å². The topological polar surface area (TPSA) is 92.6 Å². The first-order chi connectivity index (χ1) is 13.7. The summed E-state index contributed by atoms with van der Waals surface area (Å²) in [7, 11) is 0. The molecule has 0 atom stereocenters. The molecule has 7 nitrogen and oxygen atoms in total. The van der Waals surface area contributed by atoms with Crippen molar-refractivity contribution in [3.63, 3.8) is 0 Å². The molecule has 1 heterocycles. The zero-order valence-electron chi connectivity index (χ0n) is 15.2. The van der Waals surface area contributed by atoms with Crippen molar-refractivity contribution in [2.45, 2.75) is 13.0 Å². The quantitative estimate of drug-likeness (QED) is 0.551. The molecule has 28 heavy (non-hydrogen) atoms.